The van der Waals surface area contributed by atoms with Crippen LogP contribution >= 0.6 is 0 Å². The monoisotopic (exact) mass is 232 g/mol. The standard InChI is InChI=1S/C6H11F3N2O2S/c7-6(8,9)14(12,13)11-3-5(10)4-1-2-4/h4-5,11H,1-3,10H2. The number of hydrogen-bond acceptors (Lipinski definition) is 3. The molecule has 1 unspecified atom stereocenters. The summed E-state index contributed by atoms with van der Waals surface area (Å²) in [5.41, 5.74) is 0.181. The van der Waals surface area contributed by atoms with Crippen LogP contribution in [0.25, 0.3) is 0 Å². The lowest BCUT2D eigenvalue weighted by Crippen LogP contribution is -2.43. The molecule has 1 fully saturated rings. The van der Waals surface area contributed by atoms with Gasteiger partial charge in [0.1, 0.15) is 0 Å². The van der Waals surface area contributed by atoms with Crippen LogP contribution < -0.4 is 10.5 Å². The second-order valence-corrected chi connectivity index (χ2v) is 5.06. The first-order chi connectivity index (χ1) is 6.24. The Balaban J connectivity index is 2.43. The molecule has 0 aliphatic heterocycles. The van der Waals surface area contributed by atoms with E-state index in [1.165, 1.54) is 4.72 Å². The summed E-state index contributed by atoms with van der Waals surface area (Å²) < 4.78 is 57.9. The fraction of sp³-hybridized carbons (Fsp3) is 1.00. The van der Waals surface area contributed by atoms with Gasteiger partial charge in [-0.1, -0.05) is 0 Å². The normalized spacial score (nSPS) is 20.9. The van der Waals surface area contributed by atoms with Crippen molar-refractivity contribution >= 4 is 10.0 Å². The molecule has 0 bridgehead atoms. The van der Waals surface area contributed by atoms with Crippen LogP contribution in [0.1, 0.15) is 12.8 Å². The molecular weight excluding hydrogens is 221 g/mol. The lowest BCUT2D eigenvalue weighted by atomic mass is 10.2. The summed E-state index contributed by atoms with van der Waals surface area (Å²) in [4.78, 5) is 0. The maximum atomic E-state index is 11.8. The van der Waals surface area contributed by atoms with E-state index in [1.54, 1.807) is 0 Å². The third-order valence-corrected chi connectivity index (χ3v) is 3.20. The Labute approximate surface area is 79.7 Å². The van der Waals surface area contributed by atoms with Crippen molar-refractivity contribution in [3.63, 3.8) is 0 Å². The molecule has 8 heteroatoms. The van der Waals surface area contributed by atoms with E-state index in [2.05, 4.69) is 0 Å². The molecule has 1 atom stereocenters. The number of alkyl halides is 3. The molecule has 0 aromatic heterocycles. The topological polar surface area (TPSA) is 72.2 Å². The molecule has 1 saturated carbocycles. The van der Waals surface area contributed by atoms with E-state index in [1.807, 2.05) is 0 Å². The molecule has 0 spiro atoms. The number of nitrogens with one attached hydrogen (secondary N) is 1. The fourth-order valence-corrected chi connectivity index (χ4v) is 1.55. The van der Waals surface area contributed by atoms with Crippen LogP contribution in [0.3, 0.4) is 0 Å². The second kappa shape index (κ2) is 3.67. The zero-order chi connectivity index (χ0) is 11.0. The lowest BCUT2D eigenvalue weighted by molar-refractivity contribution is -0.0448. The molecule has 0 saturated heterocycles. The first-order valence-corrected chi connectivity index (χ1v) is 5.54. The van der Waals surface area contributed by atoms with Gasteiger partial charge >= 0.3 is 15.5 Å². The Morgan fingerprint density at radius 3 is 2.29 bits per heavy atom. The first-order valence-electron chi connectivity index (χ1n) is 4.05. The average Bonchev–Trinajstić information content (AvgIpc) is 2.80. The number of halogens is 3. The number of nitrogens with two attached hydrogens (primary N) is 1. The van der Waals surface area contributed by atoms with Crippen LogP contribution in [-0.2, 0) is 10.0 Å². The van der Waals surface area contributed by atoms with Gasteiger partial charge < -0.3 is 5.73 Å². The Morgan fingerprint density at radius 2 is 1.93 bits per heavy atom. The third kappa shape index (κ3) is 2.82. The maximum Gasteiger partial charge on any atom is 0.511 e. The van der Waals surface area contributed by atoms with E-state index < -0.39 is 21.6 Å². The number of hydrogen-bond donors (Lipinski definition) is 2. The van der Waals surface area contributed by atoms with Crippen molar-refractivity contribution < 1.29 is 21.6 Å². The van der Waals surface area contributed by atoms with Gasteiger partial charge in [0.25, 0.3) is 0 Å². The van der Waals surface area contributed by atoms with E-state index in [0.29, 0.717) is 0 Å². The van der Waals surface area contributed by atoms with Gasteiger partial charge in [-0.2, -0.15) is 13.2 Å². The molecule has 1 aliphatic carbocycles. The highest BCUT2D eigenvalue weighted by Crippen LogP contribution is 2.31. The van der Waals surface area contributed by atoms with Gasteiger partial charge in [0.2, 0.25) is 0 Å². The number of rotatable bonds is 4. The van der Waals surface area contributed by atoms with Crippen molar-refractivity contribution in [2.45, 2.75) is 24.4 Å². The zero-order valence-corrected chi connectivity index (χ0v) is 8.03. The van der Waals surface area contributed by atoms with Crippen molar-refractivity contribution in [3.05, 3.63) is 0 Å². The average molecular weight is 232 g/mol. The van der Waals surface area contributed by atoms with Crippen molar-refractivity contribution in [2.75, 3.05) is 6.54 Å². The van der Waals surface area contributed by atoms with Gasteiger partial charge in [-0.3, -0.25) is 0 Å². The fourth-order valence-electron chi connectivity index (χ4n) is 0.979. The summed E-state index contributed by atoms with van der Waals surface area (Å²) in [5.74, 6) is 0.158. The molecule has 0 radical (unpaired) electrons. The smallest absolute Gasteiger partial charge is 0.326 e. The molecular formula is C6H11F3N2O2S. The highest BCUT2D eigenvalue weighted by Gasteiger charge is 2.46. The van der Waals surface area contributed by atoms with Gasteiger partial charge in [0.05, 0.1) is 0 Å². The molecule has 4 nitrogen and oxygen atoms in total. The molecule has 1 aliphatic rings. The Hall–Kier alpha value is -0.340. The summed E-state index contributed by atoms with van der Waals surface area (Å²) in [7, 11) is -5.23. The van der Waals surface area contributed by atoms with E-state index >= 15 is 0 Å². The van der Waals surface area contributed by atoms with Gasteiger partial charge in [-0.05, 0) is 18.8 Å². The minimum absolute atomic E-state index is 0.158. The van der Waals surface area contributed by atoms with Gasteiger partial charge in [0.15, 0.2) is 0 Å². The minimum atomic E-state index is -5.25. The first kappa shape index (κ1) is 11.7. The Bertz CT molecular complexity index is 297. The predicted octanol–water partition coefficient (Wildman–Crippen LogP) is 0.163. The summed E-state index contributed by atoms with van der Waals surface area (Å²) in [6, 6.07) is -0.521. The van der Waals surface area contributed by atoms with Crippen molar-refractivity contribution in [2.24, 2.45) is 11.7 Å². The molecule has 0 heterocycles. The SMILES string of the molecule is NC(CNS(=O)(=O)C(F)(F)F)C1CC1. The van der Waals surface area contributed by atoms with Crippen molar-refractivity contribution in [1.82, 2.24) is 4.72 Å². The van der Waals surface area contributed by atoms with Gasteiger partial charge in [-0.25, -0.2) is 13.1 Å². The van der Waals surface area contributed by atoms with Crippen molar-refractivity contribution in [3.8, 4) is 0 Å². The summed E-state index contributed by atoms with van der Waals surface area (Å²) in [6.45, 7) is -0.355. The Kier molecular flexibility index (Phi) is 3.07. The summed E-state index contributed by atoms with van der Waals surface area (Å²) in [6.07, 6.45) is 1.71. The Morgan fingerprint density at radius 1 is 1.43 bits per heavy atom. The largest absolute Gasteiger partial charge is 0.511 e. The van der Waals surface area contributed by atoms with Crippen LogP contribution in [0.2, 0.25) is 0 Å². The second-order valence-electron chi connectivity index (χ2n) is 3.30. The van der Waals surface area contributed by atoms with Crippen LogP contribution in [0.4, 0.5) is 13.2 Å². The van der Waals surface area contributed by atoms with E-state index in [0.717, 1.165) is 12.8 Å². The molecule has 0 aromatic carbocycles. The maximum absolute atomic E-state index is 11.8. The highest BCUT2D eigenvalue weighted by atomic mass is 32.2. The third-order valence-electron chi connectivity index (χ3n) is 2.04. The van der Waals surface area contributed by atoms with E-state index in [-0.39, 0.29) is 12.5 Å². The van der Waals surface area contributed by atoms with Crippen LogP contribution in [0.15, 0.2) is 0 Å². The molecule has 1 rings (SSSR count). The summed E-state index contributed by atoms with van der Waals surface area (Å²) >= 11 is 0. The molecule has 14 heavy (non-hydrogen) atoms. The van der Waals surface area contributed by atoms with E-state index in [9.17, 15) is 21.6 Å². The molecule has 84 valence electrons. The highest BCUT2D eigenvalue weighted by molar-refractivity contribution is 7.90. The zero-order valence-electron chi connectivity index (χ0n) is 7.21. The van der Waals surface area contributed by atoms with Crippen molar-refractivity contribution in [1.29, 1.82) is 0 Å². The molecule has 0 aromatic rings. The number of sulfonamides is 1. The lowest BCUT2D eigenvalue weighted by Gasteiger charge is -2.13. The van der Waals surface area contributed by atoms with Crippen LogP contribution in [0.5, 0.6) is 0 Å². The predicted molar refractivity (Wildman–Crippen MR) is 43.7 cm³/mol. The quantitative estimate of drug-likeness (QED) is 0.725. The summed E-state index contributed by atoms with van der Waals surface area (Å²) in [5, 5.41) is 0. The molecule has 0 amide bonds. The minimum Gasteiger partial charge on any atom is -0.326 e. The van der Waals surface area contributed by atoms with Gasteiger partial charge in [-0.15, -0.1) is 0 Å². The molecule has 3 N–H and O–H groups in total. The van der Waals surface area contributed by atoms with Crippen LogP contribution in [0, 0.1) is 5.92 Å². The van der Waals surface area contributed by atoms with E-state index in [4.69, 9.17) is 5.73 Å². The van der Waals surface area contributed by atoms with Crippen LogP contribution in [-0.4, -0.2) is 26.5 Å². The van der Waals surface area contributed by atoms with Gasteiger partial charge in [0, 0.05) is 12.6 Å².